The van der Waals surface area contributed by atoms with Crippen molar-refractivity contribution in [1.29, 1.82) is 0 Å². The first kappa shape index (κ1) is 11.9. The van der Waals surface area contributed by atoms with Gasteiger partial charge < -0.3 is 10.1 Å². The van der Waals surface area contributed by atoms with Gasteiger partial charge in [-0.1, -0.05) is 11.6 Å². The number of hydrogen-bond acceptors (Lipinski definition) is 4. The summed E-state index contributed by atoms with van der Waals surface area (Å²) in [7, 11) is 0. The van der Waals surface area contributed by atoms with Gasteiger partial charge in [-0.3, -0.25) is 0 Å². The summed E-state index contributed by atoms with van der Waals surface area (Å²) < 4.78 is 6.12. The molecule has 0 aliphatic rings. The van der Waals surface area contributed by atoms with Crippen LogP contribution in [0.5, 0.6) is 0 Å². The summed E-state index contributed by atoms with van der Waals surface area (Å²) in [6.07, 6.45) is 1.97. The van der Waals surface area contributed by atoms with Crippen molar-refractivity contribution >= 4 is 22.9 Å². The predicted octanol–water partition coefficient (Wildman–Crippen LogP) is 2.31. The molecule has 1 heterocycles. The van der Waals surface area contributed by atoms with Crippen LogP contribution in [0.15, 0.2) is 6.20 Å². The lowest BCUT2D eigenvalue weighted by Gasteiger charge is -2.07. The van der Waals surface area contributed by atoms with Crippen LogP contribution in [0.25, 0.3) is 0 Å². The van der Waals surface area contributed by atoms with E-state index in [2.05, 4.69) is 10.3 Å². The molecule has 0 unspecified atom stereocenters. The summed E-state index contributed by atoms with van der Waals surface area (Å²) in [5, 5.41) is 4.25. The molecular formula is C9H15ClN2OS. The molecule has 0 saturated heterocycles. The maximum Gasteiger partial charge on any atom is 0.113 e. The van der Waals surface area contributed by atoms with Gasteiger partial charge in [-0.15, -0.1) is 11.3 Å². The van der Waals surface area contributed by atoms with E-state index in [1.54, 1.807) is 6.20 Å². The number of nitrogens with zero attached hydrogens (tertiary/aromatic N) is 1. The minimum absolute atomic E-state index is 0.297. The summed E-state index contributed by atoms with van der Waals surface area (Å²) in [6.45, 7) is 6.40. The van der Waals surface area contributed by atoms with Gasteiger partial charge in [-0.05, 0) is 13.8 Å². The maximum absolute atomic E-state index is 5.75. The molecule has 0 amide bonds. The van der Waals surface area contributed by atoms with E-state index in [-0.39, 0.29) is 0 Å². The van der Waals surface area contributed by atoms with Crippen LogP contribution in [-0.4, -0.2) is 24.2 Å². The van der Waals surface area contributed by atoms with Gasteiger partial charge in [-0.25, -0.2) is 4.98 Å². The van der Waals surface area contributed by atoms with Crippen molar-refractivity contribution in [1.82, 2.24) is 10.3 Å². The molecule has 0 aliphatic carbocycles. The normalized spacial score (nSPS) is 11.1. The standard InChI is InChI=1S/C9H15ClN2OS/c1-7(2)13-4-3-11-6-9-12-5-8(10)14-9/h5,7,11H,3-4,6H2,1-2H3. The molecule has 80 valence electrons. The highest BCUT2D eigenvalue weighted by atomic mass is 35.5. The van der Waals surface area contributed by atoms with E-state index in [9.17, 15) is 0 Å². The van der Waals surface area contributed by atoms with Gasteiger partial charge in [0, 0.05) is 13.1 Å². The third-order valence-corrected chi connectivity index (χ3v) is 2.65. The minimum Gasteiger partial charge on any atom is -0.377 e. The van der Waals surface area contributed by atoms with Gasteiger partial charge in [0.1, 0.15) is 9.34 Å². The highest BCUT2D eigenvalue weighted by Crippen LogP contribution is 2.17. The zero-order chi connectivity index (χ0) is 10.4. The molecule has 0 spiro atoms. The SMILES string of the molecule is CC(C)OCCNCc1ncc(Cl)s1. The Morgan fingerprint density at radius 2 is 2.43 bits per heavy atom. The average molecular weight is 235 g/mol. The Morgan fingerprint density at radius 1 is 1.64 bits per heavy atom. The van der Waals surface area contributed by atoms with Crippen molar-refractivity contribution < 1.29 is 4.74 Å². The first-order chi connectivity index (χ1) is 6.68. The molecule has 3 nitrogen and oxygen atoms in total. The van der Waals surface area contributed by atoms with Crippen molar-refractivity contribution in [3.63, 3.8) is 0 Å². The number of halogens is 1. The van der Waals surface area contributed by atoms with Gasteiger partial charge in [0.25, 0.3) is 0 Å². The zero-order valence-electron chi connectivity index (χ0n) is 8.42. The summed E-state index contributed by atoms with van der Waals surface area (Å²) in [5.74, 6) is 0. The van der Waals surface area contributed by atoms with Crippen LogP contribution in [0.4, 0.5) is 0 Å². The fourth-order valence-electron chi connectivity index (χ4n) is 0.932. The average Bonchev–Trinajstić information content (AvgIpc) is 2.50. The molecule has 0 atom stereocenters. The first-order valence-electron chi connectivity index (χ1n) is 4.61. The van der Waals surface area contributed by atoms with Gasteiger partial charge in [0.2, 0.25) is 0 Å². The Hall–Kier alpha value is -0.160. The number of ether oxygens (including phenoxy) is 1. The smallest absolute Gasteiger partial charge is 0.113 e. The van der Waals surface area contributed by atoms with Crippen molar-refractivity contribution in [3.05, 3.63) is 15.5 Å². The predicted molar refractivity (Wildman–Crippen MR) is 59.9 cm³/mol. The maximum atomic E-state index is 5.75. The number of hydrogen-bond donors (Lipinski definition) is 1. The monoisotopic (exact) mass is 234 g/mol. The number of thiazole rings is 1. The summed E-state index contributed by atoms with van der Waals surface area (Å²) in [4.78, 5) is 4.13. The van der Waals surface area contributed by atoms with Crippen molar-refractivity contribution in [3.8, 4) is 0 Å². The van der Waals surface area contributed by atoms with Crippen LogP contribution in [0.2, 0.25) is 4.34 Å². The third-order valence-electron chi connectivity index (χ3n) is 1.53. The first-order valence-corrected chi connectivity index (χ1v) is 5.80. The van der Waals surface area contributed by atoms with Gasteiger partial charge in [0.05, 0.1) is 18.9 Å². The Bertz CT molecular complexity index is 265. The van der Waals surface area contributed by atoms with Crippen LogP contribution in [-0.2, 0) is 11.3 Å². The molecule has 0 aliphatic heterocycles. The highest BCUT2D eigenvalue weighted by Gasteiger charge is 1.98. The van der Waals surface area contributed by atoms with Crippen LogP contribution in [0.3, 0.4) is 0 Å². The van der Waals surface area contributed by atoms with E-state index in [1.165, 1.54) is 11.3 Å². The van der Waals surface area contributed by atoms with E-state index in [0.717, 1.165) is 29.0 Å². The second-order valence-corrected chi connectivity index (χ2v) is 4.90. The molecule has 1 N–H and O–H groups in total. The van der Waals surface area contributed by atoms with Gasteiger partial charge in [0.15, 0.2) is 0 Å². The Kier molecular flexibility index (Phi) is 5.40. The lowest BCUT2D eigenvalue weighted by atomic mass is 10.5. The topological polar surface area (TPSA) is 34.1 Å². The van der Waals surface area contributed by atoms with E-state index in [1.807, 2.05) is 13.8 Å². The Labute approximate surface area is 93.4 Å². The molecule has 1 aromatic heterocycles. The molecule has 0 saturated carbocycles. The quantitative estimate of drug-likeness (QED) is 0.768. The van der Waals surface area contributed by atoms with Crippen LogP contribution in [0.1, 0.15) is 18.9 Å². The van der Waals surface area contributed by atoms with Crippen LogP contribution >= 0.6 is 22.9 Å². The molecule has 14 heavy (non-hydrogen) atoms. The summed E-state index contributed by atoms with van der Waals surface area (Å²) in [6, 6.07) is 0. The van der Waals surface area contributed by atoms with Crippen LogP contribution in [0, 0.1) is 0 Å². The molecule has 1 aromatic rings. The Morgan fingerprint density at radius 3 is 3.00 bits per heavy atom. The Balaban J connectivity index is 2.04. The molecule has 0 bridgehead atoms. The lowest BCUT2D eigenvalue weighted by Crippen LogP contribution is -2.20. The number of rotatable bonds is 6. The van der Waals surface area contributed by atoms with Crippen LogP contribution < -0.4 is 5.32 Å². The van der Waals surface area contributed by atoms with E-state index >= 15 is 0 Å². The second kappa shape index (κ2) is 6.35. The van der Waals surface area contributed by atoms with Gasteiger partial charge >= 0.3 is 0 Å². The molecule has 1 rings (SSSR count). The van der Waals surface area contributed by atoms with Gasteiger partial charge in [-0.2, -0.15) is 0 Å². The largest absolute Gasteiger partial charge is 0.377 e. The van der Waals surface area contributed by atoms with E-state index in [4.69, 9.17) is 16.3 Å². The molecule has 0 radical (unpaired) electrons. The number of aromatic nitrogens is 1. The third kappa shape index (κ3) is 4.91. The lowest BCUT2D eigenvalue weighted by molar-refractivity contribution is 0.0807. The van der Waals surface area contributed by atoms with Crippen molar-refractivity contribution in [2.45, 2.75) is 26.5 Å². The highest BCUT2D eigenvalue weighted by molar-refractivity contribution is 7.15. The second-order valence-electron chi connectivity index (χ2n) is 3.15. The summed E-state index contributed by atoms with van der Waals surface area (Å²) in [5.41, 5.74) is 0. The van der Waals surface area contributed by atoms with E-state index < -0.39 is 0 Å². The fourth-order valence-corrected chi connectivity index (χ4v) is 1.86. The van der Waals surface area contributed by atoms with E-state index in [0.29, 0.717) is 6.10 Å². The molecular weight excluding hydrogens is 220 g/mol. The zero-order valence-corrected chi connectivity index (χ0v) is 9.99. The molecule has 5 heteroatoms. The van der Waals surface area contributed by atoms with Crippen molar-refractivity contribution in [2.75, 3.05) is 13.2 Å². The molecule has 0 fully saturated rings. The fraction of sp³-hybridized carbons (Fsp3) is 0.667. The molecule has 0 aromatic carbocycles. The number of nitrogens with one attached hydrogen (secondary N) is 1. The van der Waals surface area contributed by atoms with Crippen molar-refractivity contribution in [2.24, 2.45) is 0 Å². The summed E-state index contributed by atoms with van der Waals surface area (Å²) >= 11 is 7.25. The minimum atomic E-state index is 0.297.